The number of rotatable bonds is 3. The van der Waals surface area contributed by atoms with Crippen molar-refractivity contribution in [2.24, 2.45) is 23.5 Å². The molecular formula is C14H26N2O2. The molecule has 1 aliphatic heterocycles. The Bertz CT molecular complexity index is 277. The lowest BCUT2D eigenvalue weighted by Gasteiger charge is -2.33. The smallest absolute Gasteiger partial charge is 0.223 e. The molecule has 0 spiro atoms. The van der Waals surface area contributed by atoms with Crippen LogP contribution in [0.5, 0.6) is 0 Å². The molecule has 1 saturated carbocycles. The van der Waals surface area contributed by atoms with Crippen molar-refractivity contribution in [3.63, 3.8) is 0 Å². The fourth-order valence-corrected chi connectivity index (χ4v) is 3.11. The maximum absolute atomic E-state index is 12.2. The van der Waals surface area contributed by atoms with Gasteiger partial charge >= 0.3 is 0 Å². The molecule has 4 heteroatoms. The number of ether oxygens (including phenoxy) is 1. The highest BCUT2D eigenvalue weighted by molar-refractivity contribution is 5.79. The van der Waals surface area contributed by atoms with E-state index in [1.807, 2.05) is 0 Å². The van der Waals surface area contributed by atoms with E-state index >= 15 is 0 Å². The first-order chi connectivity index (χ1) is 8.68. The van der Waals surface area contributed by atoms with E-state index in [1.165, 1.54) is 6.42 Å². The lowest BCUT2D eigenvalue weighted by molar-refractivity contribution is -0.128. The molecule has 1 aliphatic carbocycles. The Morgan fingerprint density at radius 1 is 1.33 bits per heavy atom. The fraction of sp³-hybridized carbons (Fsp3) is 0.929. The van der Waals surface area contributed by atoms with E-state index in [-0.39, 0.29) is 17.9 Å². The second kappa shape index (κ2) is 6.53. The predicted molar refractivity (Wildman–Crippen MR) is 71.0 cm³/mol. The third kappa shape index (κ3) is 3.45. The van der Waals surface area contributed by atoms with Crippen molar-refractivity contribution in [2.75, 3.05) is 19.8 Å². The lowest BCUT2D eigenvalue weighted by atomic mass is 9.77. The lowest BCUT2D eigenvalue weighted by Crippen LogP contribution is -2.45. The molecule has 2 fully saturated rings. The number of amides is 1. The largest absolute Gasteiger partial charge is 0.381 e. The Labute approximate surface area is 110 Å². The first-order valence-electron chi connectivity index (χ1n) is 7.29. The molecule has 1 heterocycles. The van der Waals surface area contributed by atoms with E-state index in [4.69, 9.17) is 10.5 Å². The summed E-state index contributed by atoms with van der Waals surface area (Å²) >= 11 is 0. The summed E-state index contributed by atoms with van der Waals surface area (Å²) < 4.78 is 5.43. The maximum Gasteiger partial charge on any atom is 0.223 e. The van der Waals surface area contributed by atoms with Crippen LogP contribution in [0, 0.1) is 17.8 Å². The number of carbonyl (C=O) groups excluding carboxylic acids is 1. The molecule has 4 atom stereocenters. The van der Waals surface area contributed by atoms with Gasteiger partial charge in [-0.05, 0) is 37.5 Å². The molecule has 1 saturated heterocycles. The number of nitrogens with two attached hydrogens (primary N) is 1. The van der Waals surface area contributed by atoms with E-state index in [2.05, 4.69) is 12.2 Å². The molecule has 104 valence electrons. The van der Waals surface area contributed by atoms with Crippen LogP contribution in [0.3, 0.4) is 0 Å². The van der Waals surface area contributed by atoms with Gasteiger partial charge < -0.3 is 15.8 Å². The zero-order valence-electron chi connectivity index (χ0n) is 11.4. The van der Waals surface area contributed by atoms with Crippen molar-refractivity contribution in [2.45, 2.75) is 45.1 Å². The van der Waals surface area contributed by atoms with Crippen LogP contribution in [-0.2, 0) is 9.53 Å². The van der Waals surface area contributed by atoms with Crippen molar-refractivity contribution >= 4 is 5.91 Å². The van der Waals surface area contributed by atoms with Gasteiger partial charge in [0.05, 0.1) is 6.61 Å². The van der Waals surface area contributed by atoms with Crippen LogP contribution < -0.4 is 11.1 Å². The van der Waals surface area contributed by atoms with Gasteiger partial charge in [-0.2, -0.15) is 0 Å². The first kappa shape index (κ1) is 13.8. The van der Waals surface area contributed by atoms with Crippen molar-refractivity contribution < 1.29 is 9.53 Å². The van der Waals surface area contributed by atoms with Gasteiger partial charge in [0.15, 0.2) is 0 Å². The van der Waals surface area contributed by atoms with E-state index in [0.29, 0.717) is 11.8 Å². The van der Waals surface area contributed by atoms with Crippen LogP contribution in [0.2, 0.25) is 0 Å². The van der Waals surface area contributed by atoms with Crippen molar-refractivity contribution in [3.05, 3.63) is 0 Å². The van der Waals surface area contributed by atoms with Crippen molar-refractivity contribution in [1.82, 2.24) is 5.32 Å². The number of carbonyl (C=O) groups is 1. The van der Waals surface area contributed by atoms with Gasteiger partial charge in [-0.15, -0.1) is 0 Å². The Morgan fingerprint density at radius 3 is 2.89 bits per heavy atom. The van der Waals surface area contributed by atoms with Crippen LogP contribution in [0.1, 0.15) is 39.0 Å². The van der Waals surface area contributed by atoms with E-state index in [0.717, 1.165) is 45.4 Å². The molecule has 0 aromatic rings. The Morgan fingerprint density at radius 2 is 2.17 bits per heavy atom. The fourth-order valence-electron chi connectivity index (χ4n) is 3.11. The van der Waals surface area contributed by atoms with Gasteiger partial charge in [-0.1, -0.05) is 13.3 Å². The van der Waals surface area contributed by atoms with Crippen molar-refractivity contribution in [3.8, 4) is 0 Å². The van der Waals surface area contributed by atoms with Crippen LogP contribution in [0.15, 0.2) is 0 Å². The molecule has 18 heavy (non-hydrogen) atoms. The molecule has 3 N–H and O–H groups in total. The van der Waals surface area contributed by atoms with Gasteiger partial charge in [0.1, 0.15) is 0 Å². The molecule has 2 rings (SSSR count). The third-order valence-electron chi connectivity index (χ3n) is 4.52. The summed E-state index contributed by atoms with van der Waals surface area (Å²) in [7, 11) is 0. The first-order valence-corrected chi connectivity index (χ1v) is 7.29. The highest BCUT2D eigenvalue weighted by atomic mass is 16.5. The standard InChI is InChI=1S/C14H26N2O2/c1-10-12(5-2-6-13(10)15)14(17)16-8-11-4-3-7-18-9-11/h10-13H,2-9,15H2,1H3,(H,16,17). The molecular weight excluding hydrogens is 228 g/mol. The van der Waals surface area contributed by atoms with E-state index in [9.17, 15) is 4.79 Å². The molecule has 0 radical (unpaired) electrons. The minimum Gasteiger partial charge on any atom is -0.381 e. The molecule has 0 aromatic heterocycles. The van der Waals surface area contributed by atoms with Gasteiger partial charge in [-0.25, -0.2) is 0 Å². The molecule has 1 amide bonds. The summed E-state index contributed by atoms with van der Waals surface area (Å²) in [5.74, 6) is 1.11. The zero-order valence-corrected chi connectivity index (χ0v) is 11.4. The molecule has 4 unspecified atom stereocenters. The summed E-state index contributed by atoms with van der Waals surface area (Å²) in [4.78, 5) is 12.2. The van der Waals surface area contributed by atoms with Crippen molar-refractivity contribution in [1.29, 1.82) is 0 Å². The second-order valence-electron chi connectivity index (χ2n) is 5.89. The normalized spacial score (nSPS) is 37.2. The molecule has 2 aliphatic rings. The minimum atomic E-state index is 0.109. The van der Waals surface area contributed by atoms with Gasteiger partial charge in [0.2, 0.25) is 5.91 Å². The summed E-state index contributed by atoms with van der Waals surface area (Å²) in [5, 5.41) is 3.10. The molecule has 0 bridgehead atoms. The molecule has 0 aromatic carbocycles. The second-order valence-corrected chi connectivity index (χ2v) is 5.89. The third-order valence-corrected chi connectivity index (χ3v) is 4.52. The summed E-state index contributed by atoms with van der Waals surface area (Å²) in [6.07, 6.45) is 5.41. The van der Waals surface area contributed by atoms with Crippen LogP contribution >= 0.6 is 0 Å². The summed E-state index contributed by atoms with van der Waals surface area (Å²) in [5.41, 5.74) is 6.05. The average Bonchev–Trinajstić information content (AvgIpc) is 2.40. The summed E-state index contributed by atoms with van der Waals surface area (Å²) in [6.45, 7) is 4.54. The zero-order chi connectivity index (χ0) is 13.0. The monoisotopic (exact) mass is 254 g/mol. The summed E-state index contributed by atoms with van der Waals surface area (Å²) in [6, 6.07) is 0.188. The highest BCUT2D eigenvalue weighted by Crippen LogP contribution is 2.29. The number of hydrogen-bond acceptors (Lipinski definition) is 3. The van der Waals surface area contributed by atoms with E-state index < -0.39 is 0 Å². The van der Waals surface area contributed by atoms with Crippen LogP contribution in [-0.4, -0.2) is 31.7 Å². The highest BCUT2D eigenvalue weighted by Gasteiger charge is 2.32. The van der Waals surface area contributed by atoms with Crippen LogP contribution in [0.25, 0.3) is 0 Å². The number of nitrogens with one attached hydrogen (secondary N) is 1. The minimum absolute atomic E-state index is 0.109. The SMILES string of the molecule is CC1C(N)CCCC1C(=O)NCC1CCCOC1. The topological polar surface area (TPSA) is 64.4 Å². The quantitative estimate of drug-likeness (QED) is 0.797. The maximum atomic E-state index is 12.2. The number of hydrogen-bond donors (Lipinski definition) is 2. The Balaban J connectivity index is 1.76. The van der Waals surface area contributed by atoms with Gasteiger partial charge in [0, 0.05) is 25.1 Å². The Hall–Kier alpha value is -0.610. The van der Waals surface area contributed by atoms with Gasteiger partial charge in [-0.3, -0.25) is 4.79 Å². The van der Waals surface area contributed by atoms with Crippen LogP contribution in [0.4, 0.5) is 0 Å². The molecule has 4 nitrogen and oxygen atoms in total. The van der Waals surface area contributed by atoms with Gasteiger partial charge in [0.25, 0.3) is 0 Å². The predicted octanol–water partition coefficient (Wildman–Crippen LogP) is 1.29. The Kier molecular flexibility index (Phi) is 5.01. The average molecular weight is 254 g/mol. The van der Waals surface area contributed by atoms with E-state index in [1.54, 1.807) is 0 Å².